The van der Waals surface area contributed by atoms with E-state index in [1.165, 1.54) is 58.5 Å². The predicted molar refractivity (Wildman–Crippen MR) is 250 cm³/mol. The van der Waals surface area contributed by atoms with E-state index in [1.807, 2.05) is 0 Å². The number of pyridine rings is 1. The number of aromatic nitrogens is 4. The van der Waals surface area contributed by atoms with Crippen LogP contribution >= 0.6 is 23.1 Å². The number of carboxylic acid groups (broad SMARTS) is 2. The summed E-state index contributed by atoms with van der Waals surface area (Å²) in [6.45, 7) is 1.53. The van der Waals surface area contributed by atoms with Crippen LogP contribution in [0.5, 0.6) is 17.4 Å². The highest BCUT2D eigenvalue weighted by Crippen LogP contribution is 2.46. The Morgan fingerprint density at radius 2 is 1.64 bits per heavy atom. The molecule has 0 atom stereocenters. The molecule has 0 saturated heterocycles. The van der Waals surface area contributed by atoms with Crippen LogP contribution in [0, 0.1) is 18.3 Å². The predicted octanol–water partition coefficient (Wildman–Crippen LogP) is 8.44. The van der Waals surface area contributed by atoms with Gasteiger partial charge in [0.05, 0.1) is 62.2 Å². The van der Waals surface area contributed by atoms with Gasteiger partial charge in [-0.3, -0.25) is 18.5 Å². The third kappa shape index (κ3) is 11.2. The molecule has 0 amide bonds. The number of aliphatic hydroxyl groups excluding tert-OH is 1. The second-order valence-electron chi connectivity index (χ2n) is 14.4. The molecule has 0 radical (unpaired) electrons. The number of para-hydroxylation sites is 2. The SMILES string of the molecule is COc1cc(N=Nc2c(S(=O)(=O)O)cc3ccc(N=Nc4c(C)c(C#N)c5nc6ccccc6n5c4O)cc3c2O)c(N(CCC(=O)O)CCC(=O)O)cc1N=Nc1nnc(SCCOCCO)s1. The molecule has 27 heteroatoms. The molecule has 7 aromatic rings. The number of carbonyl (C=O) groups is 2. The number of rotatable bonds is 21. The van der Waals surface area contributed by atoms with E-state index < -0.39 is 51.2 Å². The second kappa shape index (κ2) is 21.5. The summed E-state index contributed by atoms with van der Waals surface area (Å²) < 4.78 is 48.8. The number of aromatic hydroxyl groups is 2. The summed E-state index contributed by atoms with van der Waals surface area (Å²) in [7, 11) is -3.82. The molecule has 3 aromatic heterocycles. The number of azo groups is 3. The highest BCUT2D eigenvalue weighted by molar-refractivity contribution is 8.01. The Morgan fingerprint density at radius 3 is 2.33 bits per heavy atom. The first-order valence-electron chi connectivity index (χ1n) is 20.2. The van der Waals surface area contributed by atoms with Crippen molar-refractivity contribution in [2.24, 2.45) is 30.7 Å². The largest absolute Gasteiger partial charge is 0.505 e. The number of hydrogen-bond donors (Lipinski definition) is 6. The van der Waals surface area contributed by atoms with E-state index >= 15 is 0 Å². The number of benzene rings is 4. The van der Waals surface area contributed by atoms with Crippen LogP contribution in [0.15, 0.2) is 101 Å². The number of fused-ring (bicyclic) bond motifs is 4. The van der Waals surface area contributed by atoms with Gasteiger partial charge in [-0.05, 0) is 48.7 Å². The molecule has 0 bridgehead atoms. The fourth-order valence-corrected chi connectivity index (χ4v) is 9.05. The highest BCUT2D eigenvalue weighted by atomic mass is 32.2. The summed E-state index contributed by atoms with van der Waals surface area (Å²) in [6, 6.07) is 16.9. The van der Waals surface area contributed by atoms with Crippen molar-refractivity contribution < 1.29 is 57.6 Å². The number of hydrogen-bond acceptors (Lipinski definition) is 22. The number of aliphatic carboxylic acids is 2. The van der Waals surface area contributed by atoms with Crippen molar-refractivity contribution in [3.63, 3.8) is 0 Å². The molecule has 0 fully saturated rings. The van der Waals surface area contributed by atoms with Gasteiger partial charge < -0.3 is 39.9 Å². The fourth-order valence-electron chi connectivity index (χ4n) is 6.81. The summed E-state index contributed by atoms with van der Waals surface area (Å²) in [6.07, 6.45) is -0.914. The molecular formula is C42H38N12O12S3. The van der Waals surface area contributed by atoms with E-state index in [4.69, 9.17) is 14.6 Å². The molecule has 69 heavy (non-hydrogen) atoms. The highest BCUT2D eigenvalue weighted by Gasteiger charge is 2.25. The lowest BCUT2D eigenvalue weighted by molar-refractivity contribution is -0.137. The summed E-state index contributed by atoms with van der Waals surface area (Å²) in [5.74, 6) is -3.00. The molecule has 0 aliphatic rings. The summed E-state index contributed by atoms with van der Waals surface area (Å²) in [5, 5.41) is 94.8. The number of imidazole rings is 1. The molecule has 0 unspecified atom stereocenters. The number of thioether (sulfide) groups is 1. The first-order chi connectivity index (χ1) is 33.1. The summed E-state index contributed by atoms with van der Waals surface area (Å²) >= 11 is 2.46. The molecule has 6 N–H and O–H groups in total. The van der Waals surface area contributed by atoms with E-state index in [-0.39, 0.29) is 99.0 Å². The van der Waals surface area contributed by atoms with Crippen LogP contribution in [-0.4, -0.2) is 116 Å². The smallest absolute Gasteiger partial charge is 0.305 e. The number of nitrogens with zero attached hydrogens (tertiary/aromatic N) is 12. The van der Waals surface area contributed by atoms with Gasteiger partial charge in [0.15, 0.2) is 21.4 Å². The summed E-state index contributed by atoms with van der Waals surface area (Å²) in [4.78, 5) is 28.5. The Morgan fingerprint density at radius 1 is 0.913 bits per heavy atom. The van der Waals surface area contributed by atoms with Crippen LogP contribution in [0.4, 0.5) is 39.3 Å². The molecule has 3 heterocycles. The molecule has 356 valence electrons. The van der Waals surface area contributed by atoms with E-state index in [1.54, 1.807) is 31.2 Å². The van der Waals surface area contributed by atoms with Crippen molar-refractivity contribution in [1.29, 1.82) is 5.26 Å². The number of phenolic OH excluding ortho intramolecular Hbond substituents is 1. The van der Waals surface area contributed by atoms with Gasteiger partial charge in [0.2, 0.25) is 5.88 Å². The van der Waals surface area contributed by atoms with Crippen molar-refractivity contribution in [3.05, 3.63) is 71.8 Å². The van der Waals surface area contributed by atoms with E-state index in [9.17, 15) is 48.2 Å². The minimum absolute atomic E-state index is 0.0179. The number of nitriles is 1. The average molecular weight is 999 g/mol. The van der Waals surface area contributed by atoms with Crippen LogP contribution < -0.4 is 9.64 Å². The van der Waals surface area contributed by atoms with Gasteiger partial charge in [-0.1, -0.05) is 41.3 Å². The number of anilines is 1. The Balaban J connectivity index is 1.30. The van der Waals surface area contributed by atoms with Crippen molar-refractivity contribution in [2.75, 3.05) is 50.7 Å². The van der Waals surface area contributed by atoms with Gasteiger partial charge in [-0.15, -0.1) is 35.8 Å². The van der Waals surface area contributed by atoms with Gasteiger partial charge in [0.1, 0.15) is 39.3 Å². The molecule has 4 aromatic carbocycles. The van der Waals surface area contributed by atoms with Crippen LogP contribution in [0.3, 0.4) is 0 Å². The standard InChI is InChI=1S/C42H38N12O12S3/c1-22-26(21-43)39-44-27-5-3-4-6-30(27)54(39)40(61)36(22)48-45-24-8-7-23-17-33(69(62,63)64)37(38(60)25(23)18-24)49-46-28-20-32(65-2)29(19-31(28)53(11-9-34(56)57)12-10-35(58)59)47-50-41-51-52-42(68-41)67-16-15-66-14-13-55/h3-8,17-20,55,60-61H,9-16H2,1-2H3,(H,56,57)(H,58,59)(H,62,63,64). The Kier molecular flexibility index (Phi) is 15.3. The zero-order valence-electron chi connectivity index (χ0n) is 36.2. The Bertz CT molecular complexity index is 3350. The van der Waals surface area contributed by atoms with Gasteiger partial charge in [0, 0.05) is 35.9 Å². The number of phenols is 1. The number of methoxy groups -OCH3 is 1. The third-order valence-electron chi connectivity index (χ3n) is 10.0. The van der Waals surface area contributed by atoms with Crippen molar-refractivity contribution in [2.45, 2.75) is 29.0 Å². The normalized spacial score (nSPS) is 12.0. The first kappa shape index (κ1) is 49.2. The van der Waals surface area contributed by atoms with Crippen molar-refractivity contribution in [3.8, 4) is 23.4 Å². The molecular weight excluding hydrogens is 961 g/mol. The number of carboxylic acids is 2. The maximum atomic E-state index is 12.8. The van der Waals surface area contributed by atoms with Gasteiger partial charge in [0.25, 0.3) is 15.2 Å². The topological polar surface area (TPSA) is 352 Å². The Labute approximate surface area is 398 Å². The number of aliphatic hydroxyl groups is 1. The molecule has 0 spiro atoms. The fraction of sp³-hybridized carbons (Fsp3) is 0.238. The van der Waals surface area contributed by atoms with Gasteiger partial charge in [-0.25, -0.2) is 4.98 Å². The van der Waals surface area contributed by atoms with Crippen LogP contribution in [0.1, 0.15) is 24.0 Å². The minimum atomic E-state index is -5.11. The zero-order valence-corrected chi connectivity index (χ0v) is 38.6. The lowest BCUT2D eigenvalue weighted by atomic mass is 10.1. The summed E-state index contributed by atoms with van der Waals surface area (Å²) in [5.41, 5.74) is 0.926. The van der Waals surface area contributed by atoms with Crippen LogP contribution in [0.25, 0.3) is 27.5 Å². The molecule has 24 nitrogen and oxygen atoms in total. The maximum absolute atomic E-state index is 12.8. The van der Waals surface area contributed by atoms with E-state index in [2.05, 4.69) is 51.9 Å². The molecule has 0 aliphatic heterocycles. The molecule has 0 saturated carbocycles. The first-order valence-corrected chi connectivity index (χ1v) is 23.5. The van der Waals surface area contributed by atoms with Gasteiger partial charge in [-0.2, -0.15) is 18.8 Å². The lowest BCUT2D eigenvalue weighted by Gasteiger charge is -2.25. The molecule has 7 rings (SSSR count). The van der Waals surface area contributed by atoms with Crippen LogP contribution in [0.2, 0.25) is 0 Å². The zero-order chi connectivity index (χ0) is 49.4. The average Bonchev–Trinajstić information content (AvgIpc) is 3.95. The van der Waals surface area contributed by atoms with Crippen LogP contribution in [-0.2, 0) is 24.4 Å². The minimum Gasteiger partial charge on any atom is -0.505 e. The van der Waals surface area contributed by atoms with E-state index in [0.717, 1.165) is 17.4 Å². The lowest BCUT2D eigenvalue weighted by Crippen LogP contribution is -2.28. The molecule has 0 aliphatic carbocycles. The van der Waals surface area contributed by atoms with Crippen molar-refractivity contribution in [1.82, 2.24) is 19.6 Å². The second-order valence-corrected chi connectivity index (χ2v) is 18.1. The van der Waals surface area contributed by atoms with E-state index in [0.29, 0.717) is 27.7 Å². The van der Waals surface area contributed by atoms with Gasteiger partial charge >= 0.3 is 11.9 Å². The quantitative estimate of drug-likeness (QED) is 0.0170. The Hall–Kier alpha value is -7.74. The monoisotopic (exact) mass is 998 g/mol. The van der Waals surface area contributed by atoms with Crippen molar-refractivity contribution >= 4 is 112 Å². The number of ether oxygens (including phenoxy) is 2. The maximum Gasteiger partial charge on any atom is 0.305 e. The third-order valence-corrected chi connectivity index (χ3v) is 12.8.